The van der Waals surface area contributed by atoms with Crippen molar-refractivity contribution in [2.24, 2.45) is 4.99 Å². The fourth-order valence-electron chi connectivity index (χ4n) is 2.07. The first-order chi connectivity index (χ1) is 10.5. The number of halogens is 1. The standard InChI is InChI=1S/C15H10BrN3O3/c16-14-5-13(19(21)22)4-11(15(14)20)8-18-12-2-1-9-6-17-7-10(9)3-12/h1-8,17,20H/b18-8+. The van der Waals surface area contributed by atoms with Crippen molar-refractivity contribution in [2.75, 3.05) is 0 Å². The predicted molar refractivity (Wildman–Crippen MR) is 88.0 cm³/mol. The van der Waals surface area contributed by atoms with E-state index in [1.165, 1.54) is 18.3 Å². The number of hydrogen-bond acceptors (Lipinski definition) is 4. The SMILES string of the molecule is O=[N+]([O-])c1cc(Br)c(O)c(/C=N/c2ccc3c[nH]cc3c2)c1. The van der Waals surface area contributed by atoms with E-state index in [4.69, 9.17) is 0 Å². The number of phenolic OH excluding ortho intramolecular Hbond substituents is 1. The number of nitro benzene ring substituents is 1. The maximum absolute atomic E-state index is 10.9. The number of nitro groups is 1. The summed E-state index contributed by atoms with van der Waals surface area (Å²) >= 11 is 3.10. The summed E-state index contributed by atoms with van der Waals surface area (Å²) in [7, 11) is 0. The van der Waals surface area contributed by atoms with E-state index in [2.05, 4.69) is 25.9 Å². The van der Waals surface area contributed by atoms with Gasteiger partial charge in [-0.15, -0.1) is 0 Å². The molecule has 6 nitrogen and oxygen atoms in total. The van der Waals surface area contributed by atoms with Gasteiger partial charge in [-0.25, -0.2) is 0 Å². The molecule has 22 heavy (non-hydrogen) atoms. The molecule has 0 radical (unpaired) electrons. The normalized spacial score (nSPS) is 11.3. The molecule has 0 bridgehead atoms. The Morgan fingerprint density at radius 1 is 1.23 bits per heavy atom. The van der Waals surface area contributed by atoms with E-state index in [0.717, 1.165) is 10.8 Å². The predicted octanol–water partition coefficient (Wildman–Crippen LogP) is 4.29. The lowest BCUT2D eigenvalue weighted by molar-refractivity contribution is -0.385. The lowest BCUT2D eigenvalue weighted by atomic mass is 10.2. The zero-order valence-electron chi connectivity index (χ0n) is 11.2. The smallest absolute Gasteiger partial charge is 0.271 e. The Bertz CT molecular complexity index is 902. The minimum absolute atomic E-state index is 0.0860. The van der Waals surface area contributed by atoms with Crippen molar-refractivity contribution in [2.45, 2.75) is 0 Å². The Balaban J connectivity index is 1.99. The molecule has 7 heteroatoms. The van der Waals surface area contributed by atoms with Gasteiger partial charge in [0.15, 0.2) is 0 Å². The van der Waals surface area contributed by atoms with Crippen molar-refractivity contribution in [3.8, 4) is 5.75 Å². The van der Waals surface area contributed by atoms with Gasteiger partial charge in [0.1, 0.15) is 5.75 Å². The van der Waals surface area contributed by atoms with Gasteiger partial charge in [-0.05, 0) is 33.4 Å². The molecule has 0 unspecified atom stereocenters. The summed E-state index contributed by atoms with van der Waals surface area (Å²) in [5, 5.41) is 22.9. The third-order valence-corrected chi connectivity index (χ3v) is 3.79. The van der Waals surface area contributed by atoms with Gasteiger partial charge in [0.25, 0.3) is 5.69 Å². The summed E-state index contributed by atoms with van der Waals surface area (Å²) in [4.78, 5) is 17.6. The van der Waals surface area contributed by atoms with Crippen LogP contribution in [0.4, 0.5) is 11.4 Å². The Morgan fingerprint density at radius 2 is 2.00 bits per heavy atom. The van der Waals surface area contributed by atoms with Crippen LogP contribution in [0.2, 0.25) is 0 Å². The van der Waals surface area contributed by atoms with Gasteiger partial charge in [0.05, 0.1) is 15.1 Å². The van der Waals surface area contributed by atoms with E-state index in [0.29, 0.717) is 5.69 Å². The molecule has 3 rings (SSSR count). The number of hydrogen-bond donors (Lipinski definition) is 2. The number of aromatic hydroxyl groups is 1. The molecule has 0 spiro atoms. The van der Waals surface area contributed by atoms with Crippen LogP contribution in [0.15, 0.2) is 52.2 Å². The monoisotopic (exact) mass is 359 g/mol. The zero-order valence-corrected chi connectivity index (χ0v) is 12.7. The van der Waals surface area contributed by atoms with Crippen molar-refractivity contribution in [3.05, 3.63) is 62.9 Å². The number of non-ortho nitro benzene ring substituents is 1. The average Bonchev–Trinajstić information content (AvgIpc) is 2.95. The minimum atomic E-state index is -0.520. The van der Waals surface area contributed by atoms with Gasteiger partial charge < -0.3 is 10.1 Å². The summed E-state index contributed by atoms with van der Waals surface area (Å²) in [6, 6.07) is 8.15. The van der Waals surface area contributed by atoms with Crippen molar-refractivity contribution in [1.29, 1.82) is 0 Å². The average molecular weight is 360 g/mol. The van der Waals surface area contributed by atoms with E-state index in [9.17, 15) is 15.2 Å². The fourth-order valence-corrected chi connectivity index (χ4v) is 2.54. The lowest BCUT2D eigenvalue weighted by Crippen LogP contribution is -1.91. The molecule has 1 heterocycles. The van der Waals surface area contributed by atoms with Crippen LogP contribution in [0, 0.1) is 10.1 Å². The summed E-state index contributed by atoms with van der Waals surface area (Å²) in [5.41, 5.74) is 0.844. The third kappa shape index (κ3) is 2.71. The molecule has 0 fully saturated rings. The van der Waals surface area contributed by atoms with E-state index in [1.54, 1.807) is 0 Å². The van der Waals surface area contributed by atoms with Crippen LogP contribution in [-0.4, -0.2) is 21.2 Å². The first-order valence-electron chi connectivity index (χ1n) is 6.32. The first-order valence-corrected chi connectivity index (χ1v) is 7.11. The van der Waals surface area contributed by atoms with Gasteiger partial charge in [-0.2, -0.15) is 0 Å². The van der Waals surface area contributed by atoms with Crippen LogP contribution < -0.4 is 0 Å². The molecule has 0 saturated heterocycles. The van der Waals surface area contributed by atoms with Crippen LogP contribution in [0.25, 0.3) is 10.8 Å². The van der Waals surface area contributed by atoms with Crippen molar-refractivity contribution in [1.82, 2.24) is 4.98 Å². The molecule has 0 atom stereocenters. The number of rotatable bonds is 3. The highest BCUT2D eigenvalue weighted by atomic mass is 79.9. The van der Waals surface area contributed by atoms with Crippen LogP contribution in [0.1, 0.15) is 5.56 Å². The third-order valence-electron chi connectivity index (χ3n) is 3.19. The van der Waals surface area contributed by atoms with Crippen LogP contribution in [0.3, 0.4) is 0 Å². The first kappa shape index (κ1) is 14.3. The van der Waals surface area contributed by atoms with Crippen LogP contribution in [-0.2, 0) is 0 Å². The quantitative estimate of drug-likeness (QED) is 0.415. The highest BCUT2D eigenvalue weighted by Gasteiger charge is 2.13. The van der Waals surface area contributed by atoms with E-state index >= 15 is 0 Å². The molecule has 110 valence electrons. The Hall–Kier alpha value is -2.67. The number of fused-ring (bicyclic) bond motifs is 1. The molecule has 3 aromatic rings. The van der Waals surface area contributed by atoms with Gasteiger partial charge in [-0.1, -0.05) is 6.07 Å². The summed E-state index contributed by atoms with van der Waals surface area (Å²) < 4.78 is 0.254. The van der Waals surface area contributed by atoms with Crippen LogP contribution >= 0.6 is 15.9 Å². The molecule has 2 N–H and O–H groups in total. The number of nitrogens with one attached hydrogen (secondary N) is 1. The molecule has 0 amide bonds. The number of nitrogens with zero attached hydrogens (tertiary/aromatic N) is 2. The van der Waals surface area contributed by atoms with E-state index in [1.807, 2.05) is 30.6 Å². The highest BCUT2D eigenvalue weighted by molar-refractivity contribution is 9.10. The maximum Gasteiger partial charge on any atom is 0.271 e. The zero-order chi connectivity index (χ0) is 15.7. The van der Waals surface area contributed by atoms with Crippen molar-refractivity contribution < 1.29 is 10.0 Å². The molecule has 0 aliphatic rings. The molecule has 0 aliphatic heterocycles. The summed E-state index contributed by atoms with van der Waals surface area (Å²) in [5.74, 6) is -0.0860. The second-order valence-electron chi connectivity index (χ2n) is 4.65. The Morgan fingerprint density at radius 3 is 2.77 bits per heavy atom. The van der Waals surface area contributed by atoms with Gasteiger partial charge in [0.2, 0.25) is 0 Å². The molecule has 2 aromatic carbocycles. The van der Waals surface area contributed by atoms with Crippen molar-refractivity contribution >= 4 is 44.3 Å². The Labute approximate surface area is 133 Å². The van der Waals surface area contributed by atoms with Crippen LogP contribution in [0.5, 0.6) is 5.75 Å². The summed E-state index contributed by atoms with van der Waals surface area (Å²) in [6.45, 7) is 0. The van der Waals surface area contributed by atoms with E-state index < -0.39 is 4.92 Å². The van der Waals surface area contributed by atoms with Gasteiger partial charge >= 0.3 is 0 Å². The largest absolute Gasteiger partial charge is 0.506 e. The number of H-pyrrole nitrogens is 1. The Kier molecular flexibility index (Phi) is 3.64. The second kappa shape index (κ2) is 5.61. The fraction of sp³-hybridized carbons (Fsp3) is 0. The van der Waals surface area contributed by atoms with E-state index in [-0.39, 0.29) is 21.5 Å². The highest BCUT2D eigenvalue weighted by Crippen LogP contribution is 2.32. The number of aliphatic imine (C=N–C) groups is 1. The summed E-state index contributed by atoms with van der Waals surface area (Å²) in [6.07, 6.45) is 5.14. The second-order valence-corrected chi connectivity index (χ2v) is 5.50. The van der Waals surface area contributed by atoms with Crippen molar-refractivity contribution in [3.63, 3.8) is 0 Å². The minimum Gasteiger partial charge on any atom is -0.506 e. The number of phenols is 1. The topological polar surface area (TPSA) is 91.5 Å². The maximum atomic E-state index is 10.9. The molecule has 0 saturated carbocycles. The molecular formula is C15H10BrN3O3. The van der Waals surface area contributed by atoms with Gasteiger partial charge in [-0.3, -0.25) is 15.1 Å². The van der Waals surface area contributed by atoms with Gasteiger partial charge in [0, 0.05) is 41.7 Å². The molecular weight excluding hydrogens is 350 g/mol. The number of aromatic nitrogens is 1. The lowest BCUT2D eigenvalue weighted by Gasteiger charge is -2.02. The number of benzene rings is 2. The molecule has 0 aliphatic carbocycles. The molecule has 1 aromatic heterocycles. The number of aromatic amines is 1.